The lowest BCUT2D eigenvalue weighted by atomic mass is 10.00. The van der Waals surface area contributed by atoms with Crippen LogP contribution in [0.25, 0.3) is 10.4 Å². The molecule has 1 saturated heterocycles. The second kappa shape index (κ2) is 11.5. The highest BCUT2D eigenvalue weighted by Crippen LogP contribution is 2.41. The van der Waals surface area contributed by atoms with Gasteiger partial charge in [0, 0.05) is 24.3 Å². The number of nitrogens with zero attached hydrogens (tertiary/aromatic N) is 2. The molecule has 39 heavy (non-hydrogen) atoms. The van der Waals surface area contributed by atoms with E-state index in [0.717, 1.165) is 21.7 Å². The first-order valence-electron chi connectivity index (χ1n) is 13.2. The summed E-state index contributed by atoms with van der Waals surface area (Å²) < 4.78 is 13.8. The minimum atomic E-state index is -1.94. The van der Waals surface area contributed by atoms with Crippen LogP contribution in [0.3, 0.4) is 0 Å². The number of aromatic nitrogens is 1. The molecule has 0 radical (unpaired) electrons. The van der Waals surface area contributed by atoms with Gasteiger partial charge < -0.3 is 20.6 Å². The number of alkyl halides is 1. The van der Waals surface area contributed by atoms with Crippen LogP contribution in [-0.2, 0) is 20.9 Å². The molecule has 11 heteroatoms. The van der Waals surface area contributed by atoms with E-state index in [2.05, 4.69) is 15.6 Å². The standard InChI is InChI=1S/C28H37FN4O4S2/c1-16(2)39-27(4,5)23(32-26(37)28(29)10-11-28)25(36)33-14-20(34)12-21(33)24(35)30-13-18-6-8-19(9-7-18)22-17(3)31-15-38-22/h6-9,15-16,20-21,23,34H,10-14H2,1-5H3,(H,30,35)(H,32,37). The van der Waals surface area contributed by atoms with Gasteiger partial charge in [-0.05, 0) is 50.0 Å². The highest BCUT2D eigenvalue weighted by Gasteiger charge is 2.54. The zero-order valence-corrected chi connectivity index (χ0v) is 24.6. The number of halogens is 1. The molecule has 212 valence electrons. The van der Waals surface area contributed by atoms with Crippen molar-refractivity contribution in [2.45, 2.75) is 94.3 Å². The Bertz CT molecular complexity index is 1210. The fourth-order valence-corrected chi connectivity index (χ4v) is 7.26. The molecule has 1 aliphatic carbocycles. The zero-order chi connectivity index (χ0) is 28.5. The van der Waals surface area contributed by atoms with Crippen LogP contribution >= 0.6 is 23.1 Å². The van der Waals surface area contributed by atoms with Crippen LogP contribution in [-0.4, -0.2) is 73.1 Å². The molecule has 3 N–H and O–H groups in total. The largest absolute Gasteiger partial charge is 0.391 e. The number of benzene rings is 1. The van der Waals surface area contributed by atoms with E-state index in [1.165, 1.54) is 16.7 Å². The number of aliphatic hydroxyl groups excluding tert-OH is 1. The van der Waals surface area contributed by atoms with Crippen molar-refractivity contribution in [2.24, 2.45) is 0 Å². The van der Waals surface area contributed by atoms with Crippen LogP contribution in [0.5, 0.6) is 0 Å². The summed E-state index contributed by atoms with van der Waals surface area (Å²) in [6.07, 6.45) is -0.516. The maximum absolute atomic E-state index is 14.5. The second-order valence-corrected chi connectivity index (χ2v) is 14.3. The van der Waals surface area contributed by atoms with Crippen molar-refractivity contribution in [3.05, 3.63) is 41.0 Å². The summed E-state index contributed by atoms with van der Waals surface area (Å²) in [4.78, 5) is 46.5. The monoisotopic (exact) mass is 576 g/mol. The quantitative estimate of drug-likeness (QED) is 0.399. The molecule has 2 aromatic rings. The summed E-state index contributed by atoms with van der Waals surface area (Å²) in [6, 6.07) is 5.87. The fourth-order valence-electron chi connectivity index (χ4n) is 4.94. The highest BCUT2D eigenvalue weighted by molar-refractivity contribution is 8.01. The van der Waals surface area contributed by atoms with Crippen molar-refractivity contribution in [2.75, 3.05) is 6.54 Å². The van der Waals surface area contributed by atoms with Gasteiger partial charge in [0.05, 0.1) is 22.2 Å². The van der Waals surface area contributed by atoms with Gasteiger partial charge in [-0.15, -0.1) is 11.3 Å². The number of thioether (sulfide) groups is 1. The molecule has 3 amide bonds. The molecule has 2 heterocycles. The number of thiazole rings is 1. The van der Waals surface area contributed by atoms with E-state index in [-0.39, 0.29) is 43.5 Å². The molecule has 2 fully saturated rings. The van der Waals surface area contributed by atoms with Crippen LogP contribution in [0.4, 0.5) is 4.39 Å². The number of carbonyl (C=O) groups excluding carboxylic acids is 3. The first-order chi connectivity index (χ1) is 18.3. The van der Waals surface area contributed by atoms with Gasteiger partial charge in [-0.3, -0.25) is 14.4 Å². The second-order valence-electron chi connectivity index (χ2n) is 11.2. The summed E-state index contributed by atoms with van der Waals surface area (Å²) in [5, 5.41) is 16.1. The average Bonchev–Trinajstić information content (AvgIpc) is 3.28. The zero-order valence-electron chi connectivity index (χ0n) is 23.0. The predicted molar refractivity (Wildman–Crippen MR) is 152 cm³/mol. The van der Waals surface area contributed by atoms with Gasteiger partial charge in [0.25, 0.3) is 5.91 Å². The van der Waals surface area contributed by atoms with Gasteiger partial charge in [0.15, 0.2) is 5.67 Å². The first kappa shape index (κ1) is 29.5. The Morgan fingerprint density at radius 1 is 1.26 bits per heavy atom. The topological polar surface area (TPSA) is 112 Å². The van der Waals surface area contributed by atoms with Gasteiger partial charge in [0.2, 0.25) is 11.8 Å². The average molecular weight is 577 g/mol. The third-order valence-electron chi connectivity index (χ3n) is 7.15. The third kappa shape index (κ3) is 6.81. The molecule has 1 aromatic carbocycles. The lowest BCUT2D eigenvalue weighted by Gasteiger charge is -2.38. The van der Waals surface area contributed by atoms with E-state index in [1.807, 2.05) is 64.4 Å². The first-order valence-corrected chi connectivity index (χ1v) is 15.0. The molecule has 3 unspecified atom stereocenters. The Balaban J connectivity index is 1.46. The van der Waals surface area contributed by atoms with E-state index >= 15 is 0 Å². The van der Waals surface area contributed by atoms with Gasteiger partial charge in [-0.2, -0.15) is 11.8 Å². The molecule has 8 nitrogen and oxygen atoms in total. The maximum atomic E-state index is 14.5. The molecule has 1 aliphatic heterocycles. The number of hydrogen-bond acceptors (Lipinski definition) is 7. The number of rotatable bonds is 10. The van der Waals surface area contributed by atoms with E-state index in [0.29, 0.717) is 0 Å². The summed E-state index contributed by atoms with van der Waals surface area (Å²) in [5.74, 6) is -1.67. The highest BCUT2D eigenvalue weighted by atomic mass is 32.2. The maximum Gasteiger partial charge on any atom is 0.258 e. The van der Waals surface area contributed by atoms with Crippen LogP contribution in [0.15, 0.2) is 29.8 Å². The van der Waals surface area contributed by atoms with Crippen molar-refractivity contribution in [3.8, 4) is 10.4 Å². The molecule has 1 aromatic heterocycles. The number of aliphatic hydroxyl groups is 1. The Labute approximate surface area is 237 Å². The molecule has 2 aliphatic rings. The van der Waals surface area contributed by atoms with E-state index < -0.39 is 40.4 Å². The number of nitrogens with one attached hydrogen (secondary N) is 2. The summed E-state index contributed by atoms with van der Waals surface area (Å²) >= 11 is 3.06. The molecule has 3 atom stereocenters. The molecular formula is C28H37FN4O4S2. The van der Waals surface area contributed by atoms with Gasteiger partial charge in [0.1, 0.15) is 12.1 Å². The normalized spacial score (nSPS) is 21.1. The SMILES string of the molecule is Cc1ncsc1-c1ccc(CNC(=O)C2CC(O)CN2C(=O)C(NC(=O)C2(F)CC2)C(C)(C)SC(C)C)cc1. The number of hydrogen-bond donors (Lipinski definition) is 3. The van der Waals surface area contributed by atoms with Crippen molar-refractivity contribution >= 4 is 40.8 Å². The third-order valence-corrected chi connectivity index (χ3v) is 9.44. The number of β-amino-alcohol motifs (C(OH)–C–C–N with tert-alkyl or cyclic N) is 1. The number of aryl methyl sites for hydroxylation is 1. The molecule has 0 bridgehead atoms. The van der Waals surface area contributed by atoms with Crippen LogP contribution in [0, 0.1) is 6.92 Å². The minimum absolute atomic E-state index is 0.0324. The van der Waals surface area contributed by atoms with Crippen molar-refractivity contribution in [1.82, 2.24) is 20.5 Å². The lowest BCUT2D eigenvalue weighted by molar-refractivity contribution is -0.143. The summed E-state index contributed by atoms with van der Waals surface area (Å²) in [7, 11) is 0. The number of carbonyl (C=O) groups is 3. The Morgan fingerprint density at radius 3 is 2.49 bits per heavy atom. The Morgan fingerprint density at radius 2 is 1.92 bits per heavy atom. The molecule has 4 rings (SSSR count). The molecule has 0 spiro atoms. The van der Waals surface area contributed by atoms with Crippen LogP contribution in [0.2, 0.25) is 0 Å². The summed E-state index contributed by atoms with van der Waals surface area (Å²) in [6.45, 7) is 9.81. The molecular weight excluding hydrogens is 539 g/mol. The van der Waals surface area contributed by atoms with Gasteiger partial charge >= 0.3 is 0 Å². The van der Waals surface area contributed by atoms with E-state index in [9.17, 15) is 23.9 Å². The van der Waals surface area contributed by atoms with Crippen LogP contribution in [0.1, 0.15) is 58.2 Å². The Kier molecular flexibility index (Phi) is 8.73. The van der Waals surface area contributed by atoms with Crippen LogP contribution < -0.4 is 10.6 Å². The lowest BCUT2D eigenvalue weighted by Crippen LogP contribution is -2.61. The minimum Gasteiger partial charge on any atom is -0.391 e. The smallest absolute Gasteiger partial charge is 0.258 e. The van der Waals surface area contributed by atoms with Crippen molar-refractivity contribution < 1.29 is 23.9 Å². The fraction of sp³-hybridized carbons (Fsp3) is 0.571. The Hall–Kier alpha value is -2.50. The number of likely N-dealkylation sites (tertiary alicyclic amines) is 1. The van der Waals surface area contributed by atoms with Crippen molar-refractivity contribution in [3.63, 3.8) is 0 Å². The molecule has 1 saturated carbocycles. The van der Waals surface area contributed by atoms with Gasteiger partial charge in [-0.1, -0.05) is 38.1 Å². The predicted octanol–water partition coefficient (Wildman–Crippen LogP) is 3.60. The van der Waals surface area contributed by atoms with Gasteiger partial charge in [-0.25, -0.2) is 9.37 Å². The summed E-state index contributed by atoms with van der Waals surface area (Å²) in [5.41, 5.74) is 2.78. The van der Waals surface area contributed by atoms with E-state index in [4.69, 9.17) is 0 Å². The van der Waals surface area contributed by atoms with E-state index in [1.54, 1.807) is 11.3 Å². The van der Waals surface area contributed by atoms with Crippen molar-refractivity contribution in [1.29, 1.82) is 0 Å². The number of amides is 3.